The van der Waals surface area contributed by atoms with Gasteiger partial charge < -0.3 is 14.4 Å². The molecule has 1 atom stereocenters. The van der Waals surface area contributed by atoms with Crippen LogP contribution in [0.25, 0.3) is 0 Å². The summed E-state index contributed by atoms with van der Waals surface area (Å²) < 4.78 is 5.60. The second kappa shape index (κ2) is 5.67. The molecule has 2 heterocycles. The summed E-state index contributed by atoms with van der Waals surface area (Å²) in [6, 6.07) is 3.94. The van der Waals surface area contributed by atoms with Gasteiger partial charge >= 0.3 is 0 Å². The Kier molecular flexibility index (Phi) is 4.20. The molecule has 4 heteroatoms. The molecule has 0 aromatic carbocycles. The summed E-state index contributed by atoms with van der Waals surface area (Å²) in [4.78, 5) is 4.74. The Hall–Kier alpha value is -0.840. The first kappa shape index (κ1) is 12.6. The predicted molar refractivity (Wildman–Crippen MR) is 67.2 cm³/mol. The molecule has 1 saturated heterocycles. The van der Waals surface area contributed by atoms with Crippen molar-refractivity contribution in [3.63, 3.8) is 0 Å². The number of nitrogens with zero attached hydrogens (tertiary/aromatic N) is 2. The van der Waals surface area contributed by atoms with Crippen LogP contribution in [0.1, 0.15) is 17.4 Å². The minimum Gasteiger partial charge on any atom is -0.466 e. The van der Waals surface area contributed by atoms with Crippen molar-refractivity contribution in [2.24, 2.45) is 0 Å². The third kappa shape index (κ3) is 3.31. The normalized spacial score (nSPS) is 20.6. The van der Waals surface area contributed by atoms with Gasteiger partial charge in [0, 0.05) is 32.7 Å². The van der Waals surface area contributed by atoms with E-state index in [4.69, 9.17) is 4.42 Å². The Morgan fingerprint density at radius 2 is 2.00 bits per heavy atom. The van der Waals surface area contributed by atoms with Gasteiger partial charge in [-0.25, -0.2) is 0 Å². The van der Waals surface area contributed by atoms with Crippen LogP contribution >= 0.6 is 0 Å². The highest BCUT2D eigenvalue weighted by Gasteiger charge is 2.21. The fraction of sp³-hybridized carbons (Fsp3) is 0.692. The first-order valence-corrected chi connectivity index (χ1v) is 6.27. The summed E-state index contributed by atoms with van der Waals surface area (Å²) in [7, 11) is 2.15. The molecule has 1 fully saturated rings. The standard InChI is InChI=1S/C13H22N2O2/c1-11-3-4-13(17-11)12(10-16)9-15-7-5-14(2)6-8-15/h3-4,12,16H,5-10H2,1-2H3. The number of hydrogen-bond acceptors (Lipinski definition) is 4. The van der Waals surface area contributed by atoms with Crippen molar-refractivity contribution in [2.45, 2.75) is 12.8 Å². The van der Waals surface area contributed by atoms with Crippen molar-refractivity contribution < 1.29 is 9.52 Å². The highest BCUT2D eigenvalue weighted by atomic mass is 16.3. The molecule has 17 heavy (non-hydrogen) atoms. The molecule has 96 valence electrons. The van der Waals surface area contributed by atoms with Gasteiger partial charge in [-0.3, -0.25) is 4.90 Å². The van der Waals surface area contributed by atoms with Crippen molar-refractivity contribution >= 4 is 0 Å². The number of rotatable bonds is 4. The summed E-state index contributed by atoms with van der Waals surface area (Å²) in [5.74, 6) is 1.92. The summed E-state index contributed by atoms with van der Waals surface area (Å²) in [5.41, 5.74) is 0. The zero-order chi connectivity index (χ0) is 12.3. The quantitative estimate of drug-likeness (QED) is 0.846. The average Bonchev–Trinajstić information content (AvgIpc) is 2.75. The average molecular weight is 238 g/mol. The lowest BCUT2D eigenvalue weighted by Gasteiger charge is -2.33. The molecular weight excluding hydrogens is 216 g/mol. The van der Waals surface area contributed by atoms with E-state index in [9.17, 15) is 5.11 Å². The Morgan fingerprint density at radius 1 is 1.29 bits per heavy atom. The van der Waals surface area contributed by atoms with Gasteiger partial charge in [-0.2, -0.15) is 0 Å². The van der Waals surface area contributed by atoms with Crippen molar-refractivity contribution in [1.82, 2.24) is 9.80 Å². The monoisotopic (exact) mass is 238 g/mol. The smallest absolute Gasteiger partial charge is 0.110 e. The summed E-state index contributed by atoms with van der Waals surface area (Å²) >= 11 is 0. The van der Waals surface area contributed by atoms with E-state index in [1.165, 1.54) is 0 Å². The second-order valence-electron chi connectivity index (χ2n) is 4.93. The number of aliphatic hydroxyl groups is 1. The van der Waals surface area contributed by atoms with Crippen molar-refractivity contribution in [3.05, 3.63) is 23.7 Å². The predicted octanol–water partition coefficient (Wildman–Crippen LogP) is 0.911. The van der Waals surface area contributed by atoms with Crippen LogP contribution in [-0.2, 0) is 0 Å². The van der Waals surface area contributed by atoms with Gasteiger partial charge in [-0.1, -0.05) is 0 Å². The molecule has 2 rings (SSSR count). The minimum atomic E-state index is 0.104. The lowest BCUT2D eigenvalue weighted by Crippen LogP contribution is -2.46. The van der Waals surface area contributed by atoms with Crippen molar-refractivity contribution in [3.8, 4) is 0 Å². The Bertz CT molecular complexity index is 343. The molecule has 0 bridgehead atoms. The van der Waals surface area contributed by atoms with E-state index >= 15 is 0 Å². The van der Waals surface area contributed by atoms with Crippen LogP contribution in [0.2, 0.25) is 0 Å². The number of aryl methyl sites for hydroxylation is 1. The van der Waals surface area contributed by atoms with E-state index in [1.807, 2.05) is 19.1 Å². The van der Waals surface area contributed by atoms with E-state index < -0.39 is 0 Å². The molecule has 0 saturated carbocycles. The zero-order valence-corrected chi connectivity index (χ0v) is 10.7. The molecule has 1 aromatic heterocycles. The van der Waals surface area contributed by atoms with Gasteiger partial charge in [0.1, 0.15) is 11.5 Å². The van der Waals surface area contributed by atoms with Crippen LogP contribution in [-0.4, -0.2) is 61.3 Å². The van der Waals surface area contributed by atoms with Crippen molar-refractivity contribution in [1.29, 1.82) is 0 Å². The SMILES string of the molecule is Cc1ccc(C(CO)CN2CCN(C)CC2)o1. The van der Waals surface area contributed by atoms with Gasteiger partial charge in [0.15, 0.2) is 0 Å². The van der Waals surface area contributed by atoms with Crippen LogP contribution < -0.4 is 0 Å². The molecule has 1 aliphatic heterocycles. The number of aliphatic hydroxyl groups excluding tert-OH is 1. The Labute approximate surface area is 103 Å². The van der Waals surface area contributed by atoms with Crippen LogP contribution in [0, 0.1) is 6.92 Å². The summed E-state index contributed by atoms with van der Waals surface area (Å²) in [5, 5.41) is 9.47. The fourth-order valence-electron chi connectivity index (χ4n) is 2.25. The first-order chi connectivity index (χ1) is 8.19. The van der Waals surface area contributed by atoms with E-state index in [2.05, 4.69) is 16.8 Å². The lowest BCUT2D eigenvalue weighted by atomic mass is 10.1. The van der Waals surface area contributed by atoms with E-state index in [0.29, 0.717) is 0 Å². The molecule has 0 spiro atoms. The molecule has 1 unspecified atom stereocenters. The number of likely N-dealkylation sites (N-methyl/N-ethyl adjacent to an activating group) is 1. The van der Waals surface area contributed by atoms with Gasteiger partial charge in [0.25, 0.3) is 0 Å². The number of furan rings is 1. The van der Waals surface area contributed by atoms with Gasteiger partial charge in [-0.15, -0.1) is 0 Å². The molecule has 4 nitrogen and oxygen atoms in total. The lowest BCUT2D eigenvalue weighted by molar-refractivity contribution is 0.127. The van der Waals surface area contributed by atoms with Gasteiger partial charge in [0.05, 0.1) is 12.5 Å². The van der Waals surface area contributed by atoms with E-state index in [1.54, 1.807) is 0 Å². The third-order valence-electron chi connectivity index (χ3n) is 3.46. The summed E-state index contributed by atoms with van der Waals surface area (Å²) in [6.07, 6.45) is 0. The van der Waals surface area contributed by atoms with Crippen LogP contribution in [0.15, 0.2) is 16.5 Å². The maximum absolute atomic E-state index is 9.47. The van der Waals surface area contributed by atoms with Crippen molar-refractivity contribution in [2.75, 3.05) is 46.4 Å². The first-order valence-electron chi connectivity index (χ1n) is 6.27. The molecule has 0 radical (unpaired) electrons. The maximum Gasteiger partial charge on any atom is 0.110 e. The molecule has 0 amide bonds. The van der Waals surface area contributed by atoms with Gasteiger partial charge in [0.2, 0.25) is 0 Å². The number of piperazine rings is 1. The highest BCUT2D eigenvalue weighted by Crippen LogP contribution is 2.20. The van der Waals surface area contributed by atoms with Crippen LogP contribution in [0.5, 0.6) is 0 Å². The molecule has 1 aromatic rings. The highest BCUT2D eigenvalue weighted by molar-refractivity contribution is 5.11. The fourth-order valence-corrected chi connectivity index (χ4v) is 2.25. The third-order valence-corrected chi connectivity index (χ3v) is 3.46. The zero-order valence-electron chi connectivity index (χ0n) is 10.7. The second-order valence-corrected chi connectivity index (χ2v) is 4.93. The minimum absolute atomic E-state index is 0.104. The summed E-state index contributed by atoms with van der Waals surface area (Å²) in [6.45, 7) is 7.34. The van der Waals surface area contributed by atoms with Gasteiger partial charge in [-0.05, 0) is 26.1 Å². The Morgan fingerprint density at radius 3 is 2.53 bits per heavy atom. The Balaban J connectivity index is 1.91. The van der Waals surface area contributed by atoms with Crippen LogP contribution in [0.4, 0.5) is 0 Å². The van der Waals surface area contributed by atoms with Crippen LogP contribution in [0.3, 0.4) is 0 Å². The maximum atomic E-state index is 9.47. The molecule has 1 N–H and O–H groups in total. The largest absolute Gasteiger partial charge is 0.466 e. The van der Waals surface area contributed by atoms with E-state index in [-0.39, 0.29) is 12.5 Å². The topological polar surface area (TPSA) is 39.9 Å². The molecule has 0 aliphatic carbocycles. The number of hydrogen-bond donors (Lipinski definition) is 1. The van der Waals surface area contributed by atoms with E-state index in [0.717, 1.165) is 44.2 Å². The molecular formula is C13H22N2O2. The molecule has 1 aliphatic rings.